The van der Waals surface area contributed by atoms with Gasteiger partial charge in [0.2, 0.25) is 0 Å². The molecule has 6 nitrogen and oxygen atoms in total. The molecule has 1 aromatic heterocycles. The van der Waals surface area contributed by atoms with Crippen LogP contribution in [0.2, 0.25) is 0 Å². The van der Waals surface area contributed by atoms with E-state index in [-0.39, 0.29) is 17.9 Å². The molecule has 19 heavy (non-hydrogen) atoms. The van der Waals surface area contributed by atoms with E-state index in [2.05, 4.69) is 4.98 Å². The van der Waals surface area contributed by atoms with Crippen molar-refractivity contribution < 1.29 is 9.90 Å². The Kier molecular flexibility index (Phi) is 4.19. The van der Waals surface area contributed by atoms with E-state index >= 15 is 0 Å². The molecule has 0 amide bonds. The first-order chi connectivity index (χ1) is 9.11. The van der Waals surface area contributed by atoms with Crippen LogP contribution >= 0.6 is 0 Å². The van der Waals surface area contributed by atoms with Gasteiger partial charge in [-0.1, -0.05) is 6.92 Å². The molecule has 0 atom stereocenters. The first-order valence-electron chi connectivity index (χ1n) is 6.64. The van der Waals surface area contributed by atoms with Crippen molar-refractivity contribution in [3.05, 3.63) is 22.7 Å². The Balaban J connectivity index is 2.26. The van der Waals surface area contributed by atoms with Crippen LogP contribution in [0.4, 0.5) is 5.82 Å². The molecule has 0 spiro atoms. The molecular formula is C13H19N3O3. The number of aromatic nitrogens is 2. The highest BCUT2D eigenvalue weighted by Gasteiger charge is 2.27. The second kappa shape index (κ2) is 5.86. The fourth-order valence-corrected chi connectivity index (χ4v) is 2.07. The topological polar surface area (TPSA) is 75.4 Å². The van der Waals surface area contributed by atoms with Crippen molar-refractivity contribution in [2.45, 2.75) is 32.7 Å². The monoisotopic (exact) mass is 265 g/mol. The zero-order valence-electron chi connectivity index (χ0n) is 11.1. The highest BCUT2D eigenvalue weighted by molar-refractivity contribution is 5.73. The van der Waals surface area contributed by atoms with E-state index < -0.39 is 5.97 Å². The van der Waals surface area contributed by atoms with Crippen molar-refractivity contribution >= 4 is 11.8 Å². The molecule has 0 bridgehead atoms. The molecule has 1 saturated carbocycles. The van der Waals surface area contributed by atoms with Crippen molar-refractivity contribution in [3.63, 3.8) is 0 Å². The van der Waals surface area contributed by atoms with Crippen molar-refractivity contribution in [1.82, 2.24) is 9.55 Å². The van der Waals surface area contributed by atoms with Gasteiger partial charge in [0.1, 0.15) is 6.54 Å². The minimum absolute atomic E-state index is 0.172. The Morgan fingerprint density at radius 2 is 2.32 bits per heavy atom. The Morgan fingerprint density at radius 1 is 1.58 bits per heavy atom. The molecular weight excluding hydrogens is 246 g/mol. The maximum atomic E-state index is 12.2. The predicted octanol–water partition coefficient (Wildman–Crippen LogP) is 0.954. The molecule has 1 N–H and O–H groups in total. The van der Waals surface area contributed by atoms with Crippen LogP contribution in [0.25, 0.3) is 0 Å². The molecule has 0 aliphatic heterocycles. The largest absolute Gasteiger partial charge is 0.480 e. The third-order valence-corrected chi connectivity index (χ3v) is 3.16. The molecule has 1 aliphatic carbocycles. The molecule has 104 valence electrons. The van der Waals surface area contributed by atoms with Crippen LogP contribution in [0.5, 0.6) is 0 Å². The van der Waals surface area contributed by atoms with E-state index in [0.717, 1.165) is 19.3 Å². The summed E-state index contributed by atoms with van der Waals surface area (Å²) in [5, 5.41) is 8.96. The van der Waals surface area contributed by atoms with Crippen molar-refractivity contribution in [2.24, 2.45) is 5.92 Å². The van der Waals surface area contributed by atoms with E-state index in [1.54, 1.807) is 21.9 Å². The normalized spacial score (nSPS) is 14.4. The first-order valence-corrected chi connectivity index (χ1v) is 6.64. The zero-order valence-corrected chi connectivity index (χ0v) is 11.1. The minimum atomic E-state index is -0.937. The summed E-state index contributed by atoms with van der Waals surface area (Å²) in [5.74, 6) is -0.182. The van der Waals surface area contributed by atoms with E-state index in [9.17, 15) is 9.59 Å². The number of aliphatic carboxylic acids is 1. The summed E-state index contributed by atoms with van der Waals surface area (Å²) in [5.41, 5.74) is -0.203. The summed E-state index contributed by atoms with van der Waals surface area (Å²) in [6.07, 6.45) is 6.27. The first kappa shape index (κ1) is 13.6. The van der Waals surface area contributed by atoms with Gasteiger partial charge in [-0.15, -0.1) is 0 Å². The molecule has 1 aromatic rings. The quantitative estimate of drug-likeness (QED) is 0.794. The van der Waals surface area contributed by atoms with Crippen molar-refractivity contribution in [1.29, 1.82) is 0 Å². The molecule has 0 aromatic carbocycles. The number of rotatable bonds is 7. The summed E-state index contributed by atoms with van der Waals surface area (Å²) in [6.45, 7) is 3.05. The summed E-state index contributed by atoms with van der Waals surface area (Å²) in [7, 11) is 0. The van der Waals surface area contributed by atoms with Crippen LogP contribution in [0, 0.1) is 5.92 Å². The molecule has 0 unspecified atom stereocenters. The average Bonchev–Trinajstić information content (AvgIpc) is 3.15. The average molecular weight is 265 g/mol. The second-order valence-electron chi connectivity index (χ2n) is 4.97. The number of hydrogen-bond acceptors (Lipinski definition) is 4. The van der Waals surface area contributed by atoms with Gasteiger partial charge in [0.15, 0.2) is 5.82 Å². The van der Waals surface area contributed by atoms with Crippen LogP contribution in [-0.4, -0.2) is 33.7 Å². The van der Waals surface area contributed by atoms with Gasteiger partial charge in [-0.3, -0.25) is 9.59 Å². The number of hydrogen-bond donors (Lipinski definition) is 1. The Bertz CT molecular complexity index is 508. The molecule has 1 fully saturated rings. The molecule has 1 heterocycles. The van der Waals surface area contributed by atoms with Crippen LogP contribution in [-0.2, 0) is 11.3 Å². The van der Waals surface area contributed by atoms with Gasteiger partial charge in [0, 0.05) is 25.5 Å². The second-order valence-corrected chi connectivity index (χ2v) is 4.97. The Morgan fingerprint density at radius 3 is 2.89 bits per heavy atom. The van der Waals surface area contributed by atoms with Gasteiger partial charge >= 0.3 is 5.97 Å². The Hall–Kier alpha value is -1.85. The number of carboxylic acid groups (broad SMARTS) is 1. The fourth-order valence-electron chi connectivity index (χ4n) is 2.07. The maximum absolute atomic E-state index is 12.2. The third-order valence-electron chi connectivity index (χ3n) is 3.16. The van der Waals surface area contributed by atoms with Crippen molar-refractivity contribution in [2.75, 3.05) is 18.0 Å². The number of carboxylic acids is 1. The van der Waals surface area contributed by atoms with E-state index in [1.165, 1.54) is 0 Å². The fraction of sp³-hybridized carbons (Fsp3) is 0.615. The van der Waals surface area contributed by atoms with Crippen LogP contribution in [0.1, 0.15) is 26.2 Å². The smallest absolute Gasteiger partial charge is 0.323 e. The zero-order chi connectivity index (χ0) is 13.8. The van der Waals surface area contributed by atoms with Gasteiger partial charge in [-0.05, 0) is 25.2 Å². The van der Waals surface area contributed by atoms with Gasteiger partial charge in [0.05, 0.1) is 0 Å². The molecule has 1 aliphatic rings. The lowest BCUT2D eigenvalue weighted by Crippen LogP contribution is -2.38. The highest BCUT2D eigenvalue weighted by Crippen LogP contribution is 2.30. The van der Waals surface area contributed by atoms with Gasteiger partial charge in [0.25, 0.3) is 5.56 Å². The molecule has 0 radical (unpaired) electrons. The number of anilines is 1. The van der Waals surface area contributed by atoms with Gasteiger partial charge < -0.3 is 14.6 Å². The number of carbonyl (C=O) groups is 1. The van der Waals surface area contributed by atoms with Gasteiger partial charge in [-0.25, -0.2) is 4.98 Å². The predicted molar refractivity (Wildman–Crippen MR) is 71.4 cm³/mol. The van der Waals surface area contributed by atoms with E-state index in [4.69, 9.17) is 5.11 Å². The number of aryl methyl sites for hydroxylation is 1. The van der Waals surface area contributed by atoms with Crippen LogP contribution < -0.4 is 10.5 Å². The maximum Gasteiger partial charge on any atom is 0.323 e. The van der Waals surface area contributed by atoms with Crippen molar-refractivity contribution in [3.8, 4) is 0 Å². The lowest BCUT2D eigenvalue weighted by atomic mass is 10.3. The third kappa shape index (κ3) is 3.56. The summed E-state index contributed by atoms with van der Waals surface area (Å²) < 4.78 is 1.59. The molecule has 6 heteroatoms. The minimum Gasteiger partial charge on any atom is -0.480 e. The highest BCUT2D eigenvalue weighted by atomic mass is 16.4. The van der Waals surface area contributed by atoms with Crippen LogP contribution in [0.3, 0.4) is 0 Å². The lowest BCUT2D eigenvalue weighted by molar-refractivity contribution is -0.135. The van der Waals surface area contributed by atoms with E-state index in [1.807, 2.05) is 6.92 Å². The number of nitrogens with zero attached hydrogens (tertiary/aromatic N) is 3. The Labute approximate surface area is 111 Å². The SMILES string of the molecule is CCCn1ccnc(N(CC(=O)O)CC2CC2)c1=O. The molecule has 2 rings (SSSR count). The summed E-state index contributed by atoms with van der Waals surface area (Å²) in [4.78, 5) is 28.9. The van der Waals surface area contributed by atoms with Crippen LogP contribution in [0.15, 0.2) is 17.2 Å². The lowest BCUT2D eigenvalue weighted by Gasteiger charge is -2.21. The van der Waals surface area contributed by atoms with Gasteiger partial charge in [-0.2, -0.15) is 0 Å². The standard InChI is InChI=1S/C13H19N3O3/c1-2-6-15-7-5-14-12(13(15)19)16(9-11(17)18)8-10-3-4-10/h5,7,10H,2-4,6,8-9H2,1H3,(H,17,18). The van der Waals surface area contributed by atoms with E-state index in [0.29, 0.717) is 19.0 Å². The summed E-state index contributed by atoms with van der Waals surface area (Å²) >= 11 is 0. The summed E-state index contributed by atoms with van der Waals surface area (Å²) in [6, 6.07) is 0. The molecule has 0 saturated heterocycles.